The molecule has 0 spiro atoms. The van der Waals surface area contributed by atoms with Gasteiger partial charge in [-0.1, -0.05) is 17.7 Å². The summed E-state index contributed by atoms with van der Waals surface area (Å²) >= 11 is 5.98. The first-order valence-corrected chi connectivity index (χ1v) is 8.41. The number of halogens is 1. The van der Waals surface area contributed by atoms with E-state index in [9.17, 15) is 4.79 Å². The molecular formula is C19H17ClN4O2. The van der Waals surface area contributed by atoms with Crippen LogP contribution in [0.5, 0.6) is 0 Å². The molecular weight excluding hydrogens is 352 g/mol. The summed E-state index contributed by atoms with van der Waals surface area (Å²) in [6, 6.07) is 16.0. The summed E-state index contributed by atoms with van der Waals surface area (Å²) in [5.41, 5.74) is 2.10. The summed E-state index contributed by atoms with van der Waals surface area (Å²) < 4.78 is 4.97. The van der Waals surface area contributed by atoms with Gasteiger partial charge in [-0.3, -0.25) is 0 Å². The summed E-state index contributed by atoms with van der Waals surface area (Å²) in [4.78, 5) is 20.3. The Morgan fingerprint density at radius 3 is 2.62 bits per heavy atom. The van der Waals surface area contributed by atoms with Gasteiger partial charge in [-0.05, 0) is 55.5 Å². The van der Waals surface area contributed by atoms with E-state index in [-0.39, 0.29) is 5.97 Å². The van der Waals surface area contributed by atoms with Gasteiger partial charge in [-0.25, -0.2) is 9.78 Å². The van der Waals surface area contributed by atoms with Crippen molar-refractivity contribution in [1.82, 2.24) is 9.97 Å². The van der Waals surface area contributed by atoms with Crippen LogP contribution in [0.1, 0.15) is 17.3 Å². The van der Waals surface area contributed by atoms with E-state index < -0.39 is 0 Å². The second kappa shape index (κ2) is 8.31. The smallest absolute Gasteiger partial charge is 0.338 e. The molecule has 26 heavy (non-hydrogen) atoms. The zero-order chi connectivity index (χ0) is 18.4. The van der Waals surface area contributed by atoms with Gasteiger partial charge >= 0.3 is 5.97 Å². The van der Waals surface area contributed by atoms with Crippen molar-refractivity contribution in [2.24, 2.45) is 0 Å². The van der Waals surface area contributed by atoms with Crippen molar-refractivity contribution in [1.29, 1.82) is 0 Å². The molecule has 0 saturated heterocycles. The normalized spacial score (nSPS) is 10.2. The van der Waals surface area contributed by atoms with Gasteiger partial charge in [0.2, 0.25) is 5.95 Å². The maximum Gasteiger partial charge on any atom is 0.338 e. The minimum absolute atomic E-state index is 0.339. The van der Waals surface area contributed by atoms with Gasteiger partial charge in [0.15, 0.2) is 0 Å². The average molecular weight is 369 g/mol. The minimum atomic E-state index is -0.339. The van der Waals surface area contributed by atoms with Crippen molar-refractivity contribution in [2.45, 2.75) is 6.92 Å². The molecule has 0 aliphatic rings. The molecule has 0 aliphatic heterocycles. The number of nitrogens with zero attached hydrogens (tertiary/aromatic N) is 2. The first-order chi connectivity index (χ1) is 12.6. The van der Waals surface area contributed by atoms with Crippen LogP contribution in [0.15, 0.2) is 60.8 Å². The fraction of sp³-hybridized carbons (Fsp3) is 0.105. The molecule has 3 rings (SSSR count). The molecule has 6 nitrogen and oxygen atoms in total. The SMILES string of the molecule is CCOC(=O)c1ccc(Nc2ccnc(Nc3cccc(Cl)c3)n2)cc1. The highest BCUT2D eigenvalue weighted by Crippen LogP contribution is 2.20. The molecule has 2 aromatic carbocycles. The molecule has 1 heterocycles. The number of ether oxygens (including phenoxy) is 1. The van der Waals surface area contributed by atoms with E-state index in [0.717, 1.165) is 11.4 Å². The van der Waals surface area contributed by atoms with Crippen molar-refractivity contribution < 1.29 is 9.53 Å². The van der Waals surface area contributed by atoms with Gasteiger partial charge < -0.3 is 15.4 Å². The molecule has 0 atom stereocenters. The van der Waals surface area contributed by atoms with Crippen LogP contribution in [0, 0.1) is 0 Å². The Kier molecular flexibility index (Phi) is 5.66. The van der Waals surface area contributed by atoms with E-state index in [0.29, 0.717) is 29.0 Å². The van der Waals surface area contributed by atoms with Crippen molar-refractivity contribution in [2.75, 3.05) is 17.2 Å². The largest absolute Gasteiger partial charge is 0.462 e. The first kappa shape index (κ1) is 17.7. The fourth-order valence-corrected chi connectivity index (χ4v) is 2.43. The standard InChI is InChI=1S/C19H17ClN4O2/c1-2-26-18(25)13-6-8-15(9-7-13)22-17-10-11-21-19(24-17)23-16-5-3-4-14(20)12-16/h3-12H,2H2,1H3,(H2,21,22,23,24). The summed E-state index contributed by atoms with van der Waals surface area (Å²) in [5.74, 6) is 0.725. The Labute approximate surface area is 156 Å². The van der Waals surface area contributed by atoms with E-state index in [1.165, 1.54) is 0 Å². The number of esters is 1. The topological polar surface area (TPSA) is 76.1 Å². The van der Waals surface area contributed by atoms with Gasteiger partial charge in [-0.2, -0.15) is 4.98 Å². The molecule has 2 N–H and O–H groups in total. The fourth-order valence-electron chi connectivity index (χ4n) is 2.24. The summed E-state index contributed by atoms with van der Waals surface area (Å²) in [7, 11) is 0. The molecule has 132 valence electrons. The first-order valence-electron chi connectivity index (χ1n) is 8.04. The lowest BCUT2D eigenvalue weighted by Gasteiger charge is -2.09. The molecule has 7 heteroatoms. The second-order valence-corrected chi connectivity index (χ2v) is 5.76. The zero-order valence-electron chi connectivity index (χ0n) is 14.1. The van der Waals surface area contributed by atoms with Crippen LogP contribution in [0.3, 0.4) is 0 Å². The number of hydrogen-bond donors (Lipinski definition) is 2. The second-order valence-electron chi connectivity index (χ2n) is 5.32. The van der Waals surface area contributed by atoms with E-state index in [1.54, 1.807) is 55.6 Å². The predicted octanol–water partition coefficient (Wildman–Crippen LogP) is 4.79. The van der Waals surface area contributed by atoms with Crippen LogP contribution in [0.25, 0.3) is 0 Å². The lowest BCUT2D eigenvalue weighted by atomic mass is 10.2. The third-order valence-electron chi connectivity index (χ3n) is 3.40. The summed E-state index contributed by atoms with van der Waals surface area (Å²) in [5, 5.41) is 6.90. The third-order valence-corrected chi connectivity index (χ3v) is 3.64. The van der Waals surface area contributed by atoms with Crippen molar-refractivity contribution in [3.63, 3.8) is 0 Å². The Balaban J connectivity index is 1.69. The molecule has 0 saturated carbocycles. The van der Waals surface area contributed by atoms with E-state index in [1.807, 2.05) is 12.1 Å². The molecule has 0 amide bonds. The lowest BCUT2D eigenvalue weighted by Crippen LogP contribution is -2.04. The number of aromatic nitrogens is 2. The number of carbonyl (C=O) groups is 1. The zero-order valence-corrected chi connectivity index (χ0v) is 14.8. The van der Waals surface area contributed by atoms with Gasteiger partial charge in [-0.15, -0.1) is 0 Å². The summed E-state index contributed by atoms with van der Waals surface area (Å²) in [6.07, 6.45) is 1.65. The Morgan fingerprint density at radius 1 is 1.08 bits per heavy atom. The van der Waals surface area contributed by atoms with E-state index >= 15 is 0 Å². The van der Waals surface area contributed by atoms with Crippen LogP contribution in [-0.4, -0.2) is 22.5 Å². The molecule has 0 bridgehead atoms. The third kappa shape index (κ3) is 4.70. The van der Waals surface area contributed by atoms with Gasteiger partial charge in [0, 0.05) is 22.6 Å². The highest BCUT2D eigenvalue weighted by molar-refractivity contribution is 6.30. The van der Waals surface area contributed by atoms with Crippen molar-refractivity contribution in [3.05, 3.63) is 71.4 Å². The minimum Gasteiger partial charge on any atom is -0.462 e. The number of nitrogens with one attached hydrogen (secondary N) is 2. The van der Waals surface area contributed by atoms with Crippen LogP contribution >= 0.6 is 11.6 Å². The molecule has 1 aromatic heterocycles. The van der Waals surface area contributed by atoms with Crippen molar-refractivity contribution in [3.8, 4) is 0 Å². The van der Waals surface area contributed by atoms with Gasteiger partial charge in [0.05, 0.1) is 12.2 Å². The van der Waals surface area contributed by atoms with Crippen LogP contribution in [0.4, 0.5) is 23.1 Å². The molecule has 0 fully saturated rings. The Morgan fingerprint density at radius 2 is 1.88 bits per heavy atom. The Bertz CT molecular complexity index is 900. The quantitative estimate of drug-likeness (QED) is 0.609. The lowest BCUT2D eigenvalue weighted by molar-refractivity contribution is 0.0526. The monoisotopic (exact) mass is 368 g/mol. The highest BCUT2D eigenvalue weighted by atomic mass is 35.5. The Hall–Kier alpha value is -3.12. The summed E-state index contributed by atoms with van der Waals surface area (Å²) in [6.45, 7) is 2.13. The predicted molar refractivity (Wildman–Crippen MR) is 102 cm³/mol. The van der Waals surface area contributed by atoms with Gasteiger partial charge in [0.25, 0.3) is 0 Å². The molecule has 3 aromatic rings. The molecule has 0 radical (unpaired) electrons. The maximum atomic E-state index is 11.7. The number of carbonyl (C=O) groups excluding carboxylic acids is 1. The van der Waals surface area contributed by atoms with Gasteiger partial charge in [0.1, 0.15) is 5.82 Å². The van der Waals surface area contributed by atoms with Crippen LogP contribution in [-0.2, 0) is 4.74 Å². The van der Waals surface area contributed by atoms with E-state index in [4.69, 9.17) is 16.3 Å². The van der Waals surface area contributed by atoms with E-state index in [2.05, 4.69) is 20.6 Å². The molecule has 0 unspecified atom stereocenters. The van der Waals surface area contributed by atoms with Crippen molar-refractivity contribution >= 4 is 40.7 Å². The number of benzene rings is 2. The van der Waals surface area contributed by atoms with Crippen LogP contribution < -0.4 is 10.6 Å². The number of anilines is 4. The molecule has 0 aliphatic carbocycles. The maximum absolute atomic E-state index is 11.7. The highest BCUT2D eigenvalue weighted by Gasteiger charge is 2.06. The number of hydrogen-bond acceptors (Lipinski definition) is 6. The van der Waals surface area contributed by atoms with Crippen LogP contribution in [0.2, 0.25) is 5.02 Å². The number of rotatable bonds is 6. The average Bonchev–Trinajstić information content (AvgIpc) is 2.63.